The minimum atomic E-state index is -0.539. The molecule has 2 amide bonds. The van der Waals surface area contributed by atoms with E-state index in [1.54, 1.807) is 17.2 Å². The van der Waals surface area contributed by atoms with Crippen LogP contribution < -0.4 is 5.32 Å². The minimum absolute atomic E-state index is 0.0469. The Morgan fingerprint density at radius 2 is 1.77 bits per heavy atom. The Morgan fingerprint density at radius 3 is 2.40 bits per heavy atom. The van der Waals surface area contributed by atoms with Gasteiger partial charge in [-0.25, -0.2) is 9.48 Å². The Labute approximate surface area is 211 Å². The molecule has 7 nitrogen and oxygen atoms in total. The number of hydrogen-bond donors (Lipinski definition) is 1. The van der Waals surface area contributed by atoms with E-state index in [0.29, 0.717) is 42.2 Å². The van der Waals surface area contributed by atoms with Crippen molar-refractivity contribution in [2.24, 2.45) is 0 Å². The van der Waals surface area contributed by atoms with E-state index in [2.05, 4.69) is 10.4 Å². The van der Waals surface area contributed by atoms with Crippen molar-refractivity contribution in [3.05, 3.63) is 76.6 Å². The van der Waals surface area contributed by atoms with Gasteiger partial charge in [-0.15, -0.1) is 0 Å². The fraction of sp³-hybridized carbons (Fsp3) is 0.370. The maximum Gasteiger partial charge on any atom is 0.410 e. The molecule has 1 aliphatic rings. The molecule has 35 heavy (non-hydrogen) atoms. The molecule has 8 heteroatoms. The predicted molar refractivity (Wildman–Crippen MR) is 137 cm³/mol. The van der Waals surface area contributed by atoms with Gasteiger partial charge in [0.15, 0.2) is 0 Å². The monoisotopic (exact) mass is 494 g/mol. The highest BCUT2D eigenvalue weighted by Gasteiger charge is 2.32. The van der Waals surface area contributed by atoms with Crippen LogP contribution in [-0.4, -0.2) is 45.4 Å². The molecule has 1 N–H and O–H groups in total. The van der Waals surface area contributed by atoms with Crippen LogP contribution in [0.1, 0.15) is 61.1 Å². The number of piperidine rings is 1. The van der Waals surface area contributed by atoms with Gasteiger partial charge in [-0.2, -0.15) is 5.10 Å². The standard InChI is InChI=1S/C27H31ClN4O3/c1-18-10-11-23(22(28)16-18)30-25(33)21-17-29-32(20-8-6-5-7-9-20)24(21)19-12-14-31(15-13-19)26(34)35-27(2,3)4/h5-11,16-17,19H,12-15H2,1-4H3,(H,30,33). The molecule has 0 unspecified atom stereocenters. The van der Waals surface area contributed by atoms with Gasteiger partial charge in [0.2, 0.25) is 0 Å². The van der Waals surface area contributed by atoms with Gasteiger partial charge in [0, 0.05) is 19.0 Å². The van der Waals surface area contributed by atoms with Gasteiger partial charge in [-0.3, -0.25) is 4.79 Å². The third-order valence-electron chi connectivity index (χ3n) is 5.96. The number of anilines is 1. The lowest BCUT2D eigenvalue weighted by Gasteiger charge is -2.34. The summed E-state index contributed by atoms with van der Waals surface area (Å²) in [7, 11) is 0. The molecule has 0 bridgehead atoms. The van der Waals surface area contributed by atoms with Crippen molar-refractivity contribution in [3.8, 4) is 5.69 Å². The molecule has 0 spiro atoms. The summed E-state index contributed by atoms with van der Waals surface area (Å²) in [4.78, 5) is 27.7. The Kier molecular flexibility index (Phi) is 7.17. The van der Waals surface area contributed by atoms with E-state index in [1.165, 1.54) is 0 Å². The van der Waals surface area contributed by atoms with E-state index in [-0.39, 0.29) is 17.9 Å². The third kappa shape index (κ3) is 5.85. The summed E-state index contributed by atoms with van der Waals surface area (Å²) in [6.07, 6.45) is 2.70. The SMILES string of the molecule is Cc1ccc(NC(=O)c2cnn(-c3ccccc3)c2C2CCN(C(=O)OC(C)(C)C)CC2)c(Cl)c1. The lowest BCUT2D eigenvalue weighted by molar-refractivity contribution is 0.0203. The molecular formula is C27H31ClN4O3. The lowest BCUT2D eigenvalue weighted by Crippen LogP contribution is -2.41. The minimum Gasteiger partial charge on any atom is -0.444 e. The highest BCUT2D eigenvalue weighted by Crippen LogP contribution is 2.33. The number of aryl methyl sites for hydroxylation is 1. The highest BCUT2D eigenvalue weighted by molar-refractivity contribution is 6.34. The van der Waals surface area contributed by atoms with Crippen molar-refractivity contribution >= 4 is 29.3 Å². The van der Waals surface area contributed by atoms with Crippen LogP contribution in [0.4, 0.5) is 10.5 Å². The molecule has 184 valence electrons. The first-order valence-corrected chi connectivity index (χ1v) is 12.2. The van der Waals surface area contributed by atoms with Gasteiger partial charge in [-0.05, 0) is 70.4 Å². The second-order valence-corrected chi connectivity index (χ2v) is 10.3. The number of ether oxygens (including phenoxy) is 1. The van der Waals surface area contributed by atoms with Crippen LogP contribution in [0.2, 0.25) is 5.02 Å². The first-order chi connectivity index (χ1) is 16.6. The summed E-state index contributed by atoms with van der Waals surface area (Å²) in [5.41, 5.74) is 3.25. The van der Waals surface area contributed by atoms with Crippen LogP contribution in [0.5, 0.6) is 0 Å². The molecule has 1 aliphatic heterocycles. The van der Waals surface area contributed by atoms with Gasteiger partial charge in [0.1, 0.15) is 5.60 Å². The predicted octanol–water partition coefficient (Wildman–Crippen LogP) is 6.20. The molecule has 0 aliphatic carbocycles. The molecule has 2 heterocycles. The molecule has 4 rings (SSSR count). The number of carbonyl (C=O) groups excluding carboxylic acids is 2. The zero-order valence-electron chi connectivity index (χ0n) is 20.5. The van der Waals surface area contributed by atoms with Crippen molar-refractivity contribution < 1.29 is 14.3 Å². The number of amides is 2. The number of hydrogen-bond acceptors (Lipinski definition) is 4. The average Bonchev–Trinajstić information content (AvgIpc) is 3.26. The van der Waals surface area contributed by atoms with Crippen LogP contribution in [0.3, 0.4) is 0 Å². The van der Waals surface area contributed by atoms with E-state index in [9.17, 15) is 9.59 Å². The Morgan fingerprint density at radius 1 is 1.09 bits per heavy atom. The second kappa shape index (κ2) is 10.1. The molecule has 1 saturated heterocycles. The van der Waals surface area contributed by atoms with Crippen molar-refractivity contribution in [3.63, 3.8) is 0 Å². The maximum atomic E-state index is 13.4. The van der Waals surface area contributed by atoms with Crippen molar-refractivity contribution in [2.45, 2.75) is 52.1 Å². The molecule has 0 radical (unpaired) electrons. The van der Waals surface area contributed by atoms with Crippen LogP contribution in [0.15, 0.2) is 54.7 Å². The summed E-state index contributed by atoms with van der Waals surface area (Å²) in [5.74, 6) is -0.215. The molecule has 2 aromatic carbocycles. The number of benzene rings is 2. The fourth-order valence-corrected chi connectivity index (χ4v) is 4.56. The van der Waals surface area contributed by atoms with Crippen LogP contribution >= 0.6 is 11.6 Å². The number of para-hydroxylation sites is 1. The van der Waals surface area contributed by atoms with E-state index >= 15 is 0 Å². The van der Waals surface area contributed by atoms with Crippen LogP contribution in [-0.2, 0) is 4.74 Å². The number of likely N-dealkylation sites (tertiary alicyclic amines) is 1. The lowest BCUT2D eigenvalue weighted by atomic mass is 9.90. The van der Waals surface area contributed by atoms with E-state index in [0.717, 1.165) is 16.9 Å². The summed E-state index contributed by atoms with van der Waals surface area (Å²) < 4.78 is 7.37. The van der Waals surface area contributed by atoms with E-state index in [1.807, 2.05) is 74.8 Å². The Bertz CT molecular complexity index is 1210. The largest absolute Gasteiger partial charge is 0.444 e. The molecule has 0 saturated carbocycles. The van der Waals surface area contributed by atoms with Crippen molar-refractivity contribution in [2.75, 3.05) is 18.4 Å². The zero-order chi connectivity index (χ0) is 25.2. The number of nitrogens with one attached hydrogen (secondary N) is 1. The highest BCUT2D eigenvalue weighted by atomic mass is 35.5. The van der Waals surface area contributed by atoms with E-state index < -0.39 is 5.60 Å². The summed E-state index contributed by atoms with van der Waals surface area (Å²) in [6, 6.07) is 15.3. The smallest absolute Gasteiger partial charge is 0.410 e. The Balaban J connectivity index is 1.61. The van der Waals surface area contributed by atoms with Gasteiger partial charge < -0.3 is 15.0 Å². The molecule has 3 aromatic rings. The third-order valence-corrected chi connectivity index (χ3v) is 6.27. The fourth-order valence-electron chi connectivity index (χ4n) is 4.27. The first kappa shape index (κ1) is 24.8. The zero-order valence-corrected chi connectivity index (χ0v) is 21.3. The van der Waals surface area contributed by atoms with Gasteiger partial charge in [0.05, 0.1) is 33.9 Å². The summed E-state index contributed by atoms with van der Waals surface area (Å²) >= 11 is 6.36. The number of rotatable bonds is 4. The van der Waals surface area contributed by atoms with Gasteiger partial charge >= 0.3 is 6.09 Å². The molecule has 1 aromatic heterocycles. The quantitative estimate of drug-likeness (QED) is 0.468. The van der Waals surface area contributed by atoms with Crippen LogP contribution in [0.25, 0.3) is 5.69 Å². The van der Waals surface area contributed by atoms with E-state index in [4.69, 9.17) is 16.3 Å². The first-order valence-electron chi connectivity index (χ1n) is 11.8. The average molecular weight is 495 g/mol. The second-order valence-electron chi connectivity index (χ2n) is 9.87. The summed E-state index contributed by atoms with van der Waals surface area (Å²) in [6.45, 7) is 8.63. The number of nitrogens with zero attached hydrogens (tertiary/aromatic N) is 3. The summed E-state index contributed by atoms with van der Waals surface area (Å²) in [5, 5.41) is 8.01. The van der Waals surface area contributed by atoms with Crippen molar-refractivity contribution in [1.82, 2.24) is 14.7 Å². The Hall–Kier alpha value is -3.32. The maximum absolute atomic E-state index is 13.4. The normalized spacial score (nSPS) is 14.6. The number of aromatic nitrogens is 2. The number of halogens is 1. The van der Waals surface area contributed by atoms with Crippen LogP contribution in [0, 0.1) is 6.92 Å². The molecular weight excluding hydrogens is 464 g/mol. The van der Waals surface area contributed by atoms with Crippen molar-refractivity contribution in [1.29, 1.82) is 0 Å². The van der Waals surface area contributed by atoms with Gasteiger partial charge in [0.25, 0.3) is 5.91 Å². The molecule has 0 atom stereocenters. The number of carbonyl (C=O) groups is 2. The van der Waals surface area contributed by atoms with Gasteiger partial charge in [-0.1, -0.05) is 35.9 Å². The topological polar surface area (TPSA) is 76.5 Å². The molecule has 1 fully saturated rings.